The summed E-state index contributed by atoms with van der Waals surface area (Å²) in [6.45, 7) is 3.20. The van der Waals surface area contributed by atoms with Crippen molar-refractivity contribution in [3.05, 3.63) is 65.5 Å². The van der Waals surface area contributed by atoms with E-state index in [2.05, 4.69) is 5.32 Å². The maximum atomic E-state index is 13.5. The molecule has 0 atom stereocenters. The highest BCUT2D eigenvalue weighted by molar-refractivity contribution is 5.78. The Morgan fingerprint density at radius 3 is 2.57 bits per heavy atom. The minimum absolute atomic E-state index is 0.0791. The van der Waals surface area contributed by atoms with Gasteiger partial charge in [-0.2, -0.15) is 0 Å². The summed E-state index contributed by atoms with van der Waals surface area (Å²) in [5, 5.41) is 2.83. The highest BCUT2D eigenvalue weighted by Gasteiger charge is 2.06. The standard InChI is InChI=1S/C19H22FNO2/c1-2-23-17-11-9-15(10-12-17)6-5-13-21-19(22)14-16-7-3-4-8-18(16)20/h3-4,7-12H,2,5-6,13-14H2,1H3,(H,21,22). The van der Waals surface area contributed by atoms with E-state index in [0.717, 1.165) is 18.6 Å². The maximum absolute atomic E-state index is 13.5. The molecule has 2 aromatic rings. The Bertz CT molecular complexity index is 626. The van der Waals surface area contributed by atoms with E-state index >= 15 is 0 Å². The number of benzene rings is 2. The van der Waals surface area contributed by atoms with Crippen LogP contribution in [-0.4, -0.2) is 19.1 Å². The zero-order valence-electron chi connectivity index (χ0n) is 13.3. The van der Waals surface area contributed by atoms with E-state index in [-0.39, 0.29) is 18.1 Å². The number of carbonyl (C=O) groups is 1. The van der Waals surface area contributed by atoms with Crippen LogP contribution >= 0.6 is 0 Å². The van der Waals surface area contributed by atoms with E-state index in [1.807, 2.05) is 31.2 Å². The normalized spacial score (nSPS) is 10.3. The van der Waals surface area contributed by atoms with Crippen molar-refractivity contribution in [2.75, 3.05) is 13.2 Å². The van der Waals surface area contributed by atoms with Crippen molar-refractivity contribution >= 4 is 5.91 Å². The fourth-order valence-electron chi connectivity index (χ4n) is 2.32. The first-order chi connectivity index (χ1) is 11.2. The summed E-state index contributed by atoms with van der Waals surface area (Å²) in [6.07, 6.45) is 1.80. The van der Waals surface area contributed by atoms with E-state index in [1.54, 1.807) is 18.2 Å². The molecule has 0 spiro atoms. The van der Waals surface area contributed by atoms with Crippen LogP contribution in [0.3, 0.4) is 0 Å². The molecule has 2 aromatic carbocycles. The highest BCUT2D eigenvalue weighted by atomic mass is 19.1. The van der Waals surface area contributed by atoms with Gasteiger partial charge in [0.2, 0.25) is 5.91 Å². The number of nitrogens with one attached hydrogen (secondary N) is 1. The molecule has 2 rings (SSSR count). The smallest absolute Gasteiger partial charge is 0.224 e. The lowest BCUT2D eigenvalue weighted by Gasteiger charge is -2.07. The lowest BCUT2D eigenvalue weighted by Crippen LogP contribution is -2.26. The number of carbonyl (C=O) groups excluding carboxylic acids is 1. The van der Waals surface area contributed by atoms with Gasteiger partial charge in [0, 0.05) is 6.54 Å². The van der Waals surface area contributed by atoms with Gasteiger partial charge in [0.15, 0.2) is 0 Å². The van der Waals surface area contributed by atoms with Gasteiger partial charge in [-0.05, 0) is 49.1 Å². The second-order valence-corrected chi connectivity index (χ2v) is 5.30. The molecule has 0 aromatic heterocycles. The van der Waals surface area contributed by atoms with E-state index in [9.17, 15) is 9.18 Å². The van der Waals surface area contributed by atoms with Crippen LogP contribution in [0.5, 0.6) is 5.75 Å². The Morgan fingerprint density at radius 2 is 1.87 bits per heavy atom. The molecule has 0 radical (unpaired) electrons. The SMILES string of the molecule is CCOc1ccc(CCCNC(=O)Cc2ccccc2F)cc1. The van der Waals surface area contributed by atoms with E-state index in [1.165, 1.54) is 11.6 Å². The van der Waals surface area contributed by atoms with Gasteiger partial charge >= 0.3 is 0 Å². The molecule has 0 saturated carbocycles. The van der Waals surface area contributed by atoms with Gasteiger partial charge in [0.05, 0.1) is 13.0 Å². The van der Waals surface area contributed by atoms with E-state index < -0.39 is 0 Å². The molecule has 0 fully saturated rings. The van der Waals surface area contributed by atoms with Crippen molar-refractivity contribution in [1.82, 2.24) is 5.32 Å². The molecule has 1 amide bonds. The molecule has 0 aliphatic rings. The average Bonchev–Trinajstić information content (AvgIpc) is 2.55. The van der Waals surface area contributed by atoms with Crippen LogP contribution in [0.2, 0.25) is 0 Å². The van der Waals surface area contributed by atoms with Crippen molar-refractivity contribution in [2.24, 2.45) is 0 Å². The van der Waals surface area contributed by atoms with Gasteiger partial charge in [-0.15, -0.1) is 0 Å². The summed E-state index contributed by atoms with van der Waals surface area (Å²) < 4.78 is 18.9. The maximum Gasteiger partial charge on any atom is 0.224 e. The van der Waals surface area contributed by atoms with Crippen molar-refractivity contribution in [1.29, 1.82) is 0 Å². The molecule has 0 heterocycles. The fourth-order valence-corrected chi connectivity index (χ4v) is 2.32. The number of ether oxygens (including phenoxy) is 1. The average molecular weight is 315 g/mol. The molecule has 0 aliphatic carbocycles. The predicted octanol–water partition coefficient (Wildman–Crippen LogP) is 3.52. The fraction of sp³-hybridized carbons (Fsp3) is 0.316. The lowest BCUT2D eigenvalue weighted by atomic mass is 10.1. The Labute approximate surface area is 136 Å². The third kappa shape index (κ3) is 5.74. The third-order valence-electron chi connectivity index (χ3n) is 3.51. The summed E-state index contributed by atoms with van der Waals surface area (Å²) in [6, 6.07) is 14.3. The zero-order valence-corrected chi connectivity index (χ0v) is 13.3. The summed E-state index contributed by atoms with van der Waals surface area (Å²) in [5.41, 5.74) is 1.63. The summed E-state index contributed by atoms with van der Waals surface area (Å²) in [5.74, 6) is 0.383. The van der Waals surface area contributed by atoms with Gasteiger partial charge in [-0.25, -0.2) is 4.39 Å². The molecule has 1 N–H and O–H groups in total. The van der Waals surface area contributed by atoms with Crippen LogP contribution in [-0.2, 0) is 17.6 Å². The first-order valence-electron chi connectivity index (χ1n) is 7.91. The van der Waals surface area contributed by atoms with Gasteiger partial charge < -0.3 is 10.1 Å². The molecule has 122 valence electrons. The van der Waals surface area contributed by atoms with Crippen LogP contribution in [0.4, 0.5) is 4.39 Å². The summed E-state index contributed by atoms with van der Waals surface area (Å²) in [7, 11) is 0. The number of hydrogen-bond donors (Lipinski definition) is 1. The largest absolute Gasteiger partial charge is 0.494 e. The van der Waals surface area contributed by atoms with Crippen molar-refractivity contribution < 1.29 is 13.9 Å². The first kappa shape index (κ1) is 17.0. The van der Waals surface area contributed by atoms with Crippen molar-refractivity contribution in [3.8, 4) is 5.75 Å². The highest BCUT2D eigenvalue weighted by Crippen LogP contribution is 2.13. The van der Waals surface area contributed by atoms with Crippen molar-refractivity contribution in [2.45, 2.75) is 26.2 Å². The molecule has 0 unspecified atom stereocenters. The minimum atomic E-state index is -0.336. The summed E-state index contributed by atoms with van der Waals surface area (Å²) >= 11 is 0. The van der Waals surface area contributed by atoms with Crippen LogP contribution < -0.4 is 10.1 Å². The van der Waals surface area contributed by atoms with Crippen LogP contribution in [0.1, 0.15) is 24.5 Å². The quantitative estimate of drug-likeness (QED) is 0.757. The second-order valence-electron chi connectivity index (χ2n) is 5.30. The van der Waals surface area contributed by atoms with Crippen LogP contribution in [0.25, 0.3) is 0 Å². The van der Waals surface area contributed by atoms with Gasteiger partial charge in [-0.3, -0.25) is 4.79 Å². The molecule has 23 heavy (non-hydrogen) atoms. The summed E-state index contributed by atoms with van der Waals surface area (Å²) in [4.78, 5) is 11.8. The Hall–Kier alpha value is -2.36. The predicted molar refractivity (Wildman–Crippen MR) is 89.0 cm³/mol. The molecule has 0 aliphatic heterocycles. The monoisotopic (exact) mass is 315 g/mol. The third-order valence-corrected chi connectivity index (χ3v) is 3.51. The molecule has 0 bridgehead atoms. The Balaban J connectivity index is 1.68. The number of rotatable bonds is 8. The number of amides is 1. The van der Waals surface area contributed by atoms with E-state index in [4.69, 9.17) is 4.74 Å². The van der Waals surface area contributed by atoms with Crippen molar-refractivity contribution in [3.63, 3.8) is 0 Å². The molecular formula is C19H22FNO2. The zero-order chi connectivity index (χ0) is 16.5. The van der Waals surface area contributed by atoms with Gasteiger partial charge in [0.25, 0.3) is 0 Å². The number of hydrogen-bond acceptors (Lipinski definition) is 2. The number of halogens is 1. The van der Waals surface area contributed by atoms with E-state index in [0.29, 0.717) is 18.7 Å². The molecule has 3 nitrogen and oxygen atoms in total. The van der Waals surface area contributed by atoms with Gasteiger partial charge in [0.1, 0.15) is 11.6 Å². The minimum Gasteiger partial charge on any atom is -0.494 e. The molecule has 4 heteroatoms. The Kier molecular flexibility index (Phi) is 6.60. The van der Waals surface area contributed by atoms with Gasteiger partial charge in [-0.1, -0.05) is 30.3 Å². The lowest BCUT2D eigenvalue weighted by molar-refractivity contribution is -0.120. The Morgan fingerprint density at radius 1 is 1.13 bits per heavy atom. The first-order valence-corrected chi connectivity index (χ1v) is 7.91. The van der Waals surface area contributed by atoms with Crippen LogP contribution in [0.15, 0.2) is 48.5 Å². The number of aryl methyl sites for hydroxylation is 1. The topological polar surface area (TPSA) is 38.3 Å². The molecular weight excluding hydrogens is 293 g/mol. The second kappa shape index (κ2) is 8.93. The molecule has 0 saturated heterocycles. The van der Waals surface area contributed by atoms with Crippen LogP contribution in [0, 0.1) is 5.82 Å².